The van der Waals surface area contributed by atoms with E-state index in [9.17, 15) is 0 Å². The fraction of sp³-hybridized carbons (Fsp3) is 0. The second-order valence-electron chi connectivity index (χ2n) is 9.47. The van der Waals surface area contributed by atoms with Crippen LogP contribution in [0.1, 0.15) is 0 Å². The van der Waals surface area contributed by atoms with E-state index in [0.29, 0.717) is 0 Å². The molecule has 0 aliphatic carbocycles. The molecule has 6 aromatic carbocycles. The highest BCUT2D eigenvalue weighted by Gasteiger charge is 2.16. The highest BCUT2D eigenvalue weighted by atomic mass is 15.1. The monoisotopic (exact) mass is 486 g/mol. The minimum Gasteiger partial charge on any atom is -0.310 e. The Morgan fingerprint density at radius 1 is 0.368 bits per heavy atom. The molecular formula is C36H26N2. The maximum Gasteiger partial charge on any atom is 0.0541 e. The number of nitrogens with zero attached hydrogens (tertiary/aromatic N) is 2. The van der Waals surface area contributed by atoms with Gasteiger partial charge in [0.2, 0.25) is 0 Å². The molecule has 0 radical (unpaired) electrons. The van der Waals surface area contributed by atoms with E-state index in [1.54, 1.807) is 0 Å². The van der Waals surface area contributed by atoms with Crippen molar-refractivity contribution in [3.8, 4) is 16.8 Å². The van der Waals surface area contributed by atoms with Crippen molar-refractivity contribution in [1.29, 1.82) is 0 Å². The first-order valence-corrected chi connectivity index (χ1v) is 13.0. The van der Waals surface area contributed by atoms with Gasteiger partial charge in [0, 0.05) is 33.5 Å². The summed E-state index contributed by atoms with van der Waals surface area (Å²) >= 11 is 0. The molecule has 1 aromatic heterocycles. The quantitative estimate of drug-likeness (QED) is 0.235. The molecule has 0 spiro atoms. The summed E-state index contributed by atoms with van der Waals surface area (Å²) in [5.41, 5.74) is 9.35. The zero-order valence-electron chi connectivity index (χ0n) is 20.9. The largest absolute Gasteiger partial charge is 0.310 e. The standard InChI is InChI=1S/C36H26N2/c1-3-12-27(13-4-1)28-22-24-30(25-23-28)37(29-14-5-2-6-15-29)31-16-11-17-32(26-31)38-35-20-9-7-18-33(35)34-19-8-10-21-36(34)38/h1-26H. The van der Waals surface area contributed by atoms with Crippen molar-refractivity contribution < 1.29 is 0 Å². The van der Waals surface area contributed by atoms with Crippen LogP contribution in [0.15, 0.2) is 158 Å². The molecule has 2 nitrogen and oxygen atoms in total. The van der Waals surface area contributed by atoms with Crippen molar-refractivity contribution in [3.05, 3.63) is 158 Å². The van der Waals surface area contributed by atoms with Gasteiger partial charge in [-0.05, 0) is 65.7 Å². The highest BCUT2D eigenvalue weighted by molar-refractivity contribution is 6.09. The van der Waals surface area contributed by atoms with Crippen molar-refractivity contribution in [2.24, 2.45) is 0 Å². The third kappa shape index (κ3) is 3.84. The van der Waals surface area contributed by atoms with E-state index in [4.69, 9.17) is 0 Å². The fourth-order valence-electron chi connectivity index (χ4n) is 5.43. The molecule has 38 heavy (non-hydrogen) atoms. The van der Waals surface area contributed by atoms with Gasteiger partial charge in [-0.3, -0.25) is 0 Å². The zero-order chi connectivity index (χ0) is 25.3. The van der Waals surface area contributed by atoms with Gasteiger partial charge in [0.25, 0.3) is 0 Å². The van der Waals surface area contributed by atoms with Crippen LogP contribution in [0.3, 0.4) is 0 Å². The van der Waals surface area contributed by atoms with Crippen molar-refractivity contribution in [2.75, 3.05) is 4.90 Å². The van der Waals surface area contributed by atoms with Crippen molar-refractivity contribution in [2.45, 2.75) is 0 Å². The van der Waals surface area contributed by atoms with Gasteiger partial charge in [0.1, 0.15) is 0 Å². The van der Waals surface area contributed by atoms with Crippen LogP contribution < -0.4 is 4.90 Å². The van der Waals surface area contributed by atoms with Crippen LogP contribution in [-0.2, 0) is 0 Å². The van der Waals surface area contributed by atoms with Gasteiger partial charge in [0.05, 0.1) is 11.0 Å². The molecule has 0 fully saturated rings. The Hall–Kier alpha value is -5.08. The minimum atomic E-state index is 1.11. The molecule has 0 amide bonds. The van der Waals surface area contributed by atoms with Crippen LogP contribution in [-0.4, -0.2) is 4.57 Å². The topological polar surface area (TPSA) is 8.17 Å². The molecule has 0 atom stereocenters. The van der Waals surface area contributed by atoms with Crippen molar-refractivity contribution in [3.63, 3.8) is 0 Å². The van der Waals surface area contributed by atoms with Crippen LogP contribution in [0.4, 0.5) is 17.1 Å². The zero-order valence-corrected chi connectivity index (χ0v) is 20.9. The van der Waals surface area contributed by atoms with Crippen LogP contribution in [0, 0.1) is 0 Å². The predicted molar refractivity (Wildman–Crippen MR) is 161 cm³/mol. The summed E-state index contributed by atoms with van der Waals surface area (Å²) < 4.78 is 2.37. The number of aromatic nitrogens is 1. The number of anilines is 3. The number of para-hydroxylation sites is 3. The second-order valence-corrected chi connectivity index (χ2v) is 9.47. The minimum absolute atomic E-state index is 1.11. The van der Waals surface area contributed by atoms with Crippen molar-refractivity contribution >= 4 is 38.9 Å². The molecule has 0 saturated carbocycles. The van der Waals surface area contributed by atoms with Gasteiger partial charge in [-0.15, -0.1) is 0 Å². The average molecular weight is 487 g/mol. The Kier molecular flexibility index (Phi) is 5.49. The lowest BCUT2D eigenvalue weighted by molar-refractivity contribution is 1.17. The second kappa shape index (κ2) is 9.42. The van der Waals surface area contributed by atoms with Gasteiger partial charge in [-0.2, -0.15) is 0 Å². The normalized spacial score (nSPS) is 11.2. The van der Waals surface area contributed by atoms with E-state index in [0.717, 1.165) is 22.7 Å². The maximum absolute atomic E-state index is 2.37. The summed E-state index contributed by atoms with van der Waals surface area (Å²) in [4.78, 5) is 2.33. The number of fused-ring (bicyclic) bond motifs is 3. The van der Waals surface area contributed by atoms with E-state index in [1.807, 2.05) is 0 Å². The van der Waals surface area contributed by atoms with Gasteiger partial charge in [0.15, 0.2) is 0 Å². The summed E-state index contributed by atoms with van der Waals surface area (Å²) in [6, 6.07) is 56.1. The SMILES string of the molecule is c1ccc(-c2ccc(N(c3ccccc3)c3cccc(-n4c5ccccc5c5ccccc54)c3)cc2)cc1. The number of benzene rings is 6. The molecule has 2 heteroatoms. The first-order chi connectivity index (χ1) is 18.9. The fourth-order valence-corrected chi connectivity index (χ4v) is 5.43. The number of hydrogen-bond acceptors (Lipinski definition) is 1. The first kappa shape index (κ1) is 22.1. The summed E-state index contributed by atoms with van der Waals surface area (Å²) in [5, 5.41) is 2.54. The van der Waals surface area contributed by atoms with Gasteiger partial charge < -0.3 is 9.47 Å². The molecule has 0 aliphatic rings. The lowest BCUT2D eigenvalue weighted by atomic mass is 10.0. The predicted octanol–water partition coefficient (Wildman–Crippen LogP) is 9.92. The summed E-state index contributed by atoms with van der Waals surface area (Å²) in [6.45, 7) is 0. The van der Waals surface area contributed by atoms with E-state index >= 15 is 0 Å². The Balaban J connectivity index is 1.38. The summed E-state index contributed by atoms with van der Waals surface area (Å²) in [7, 11) is 0. The Labute approximate surface area is 222 Å². The van der Waals surface area contributed by atoms with E-state index < -0.39 is 0 Å². The highest BCUT2D eigenvalue weighted by Crippen LogP contribution is 2.38. The molecule has 0 unspecified atom stereocenters. The Morgan fingerprint density at radius 2 is 0.868 bits per heavy atom. The van der Waals surface area contributed by atoms with E-state index in [-0.39, 0.29) is 0 Å². The molecular weight excluding hydrogens is 460 g/mol. The molecule has 0 N–H and O–H groups in total. The molecule has 180 valence electrons. The smallest absolute Gasteiger partial charge is 0.0541 e. The summed E-state index contributed by atoms with van der Waals surface area (Å²) in [5.74, 6) is 0. The van der Waals surface area contributed by atoms with Crippen LogP contribution in [0.25, 0.3) is 38.6 Å². The van der Waals surface area contributed by atoms with Crippen LogP contribution in [0.2, 0.25) is 0 Å². The third-order valence-corrected chi connectivity index (χ3v) is 7.17. The molecule has 7 rings (SSSR count). The van der Waals surface area contributed by atoms with E-state index in [2.05, 4.69) is 167 Å². The maximum atomic E-state index is 2.37. The lowest BCUT2D eigenvalue weighted by Crippen LogP contribution is -2.10. The van der Waals surface area contributed by atoms with Crippen molar-refractivity contribution in [1.82, 2.24) is 4.57 Å². The van der Waals surface area contributed by atoms with Crippen LogP contribution >= 0.6 is 0 Å². The molecule has 0 aliphatic heterocycles. The molecule has 1 heterocycles. The third-order valence-electron chi connectivity index (χ3n) is 7.17. The molecule has 0 bridgehead atoms. The molecule has 7 aromatic rings. The average Bonchev–Trinajstić information content (AvgIpc) is 3.33. The van der Waals surface area contributed by atoms with Gasteiger partial charge in [-0.1, -0.05) is 103 Å². The van der Waals surface area contributed by atoms with E-state index in [1.165, 1.54) is 32.9 Å². The van der Waals surface area contributed by atoms with Gasteiger partial charge in [-0.25, -0.2) is 0 Å². The van der Waals surface area contributed by atoms with Gasteiger partial charge >= 0.3 is 0 Å². The van der Waals surface area contributed by atoms with Crippen LogP contribution in [0.5, 0.6) is 0 Å². The number of rotatable bonds is 5. The molecule has 0 saturated heterocycles. The Morgan fingerprint density at radius 3 is 1.53 bits per heavy atom. The number of hydrogen-bond donors (Lipinski definition) is 0. The first-order valence-electron chi connectivity index (χ1n) is 13.0. The lowest BCUT2D eigenvalue weighted by Gasteiger charge is -2.26. The Bertz CT molecular complexity index is 1800. The summed E-state index contributed by atoms with van der Waals surface area (Å²) in [6.07, 6.45) is 0.